The molecule has 4 aromatic rings. The van der Waals surface area contributed by atoms with E-state index in [0.717, 1.165) is 0 Å². The van der Waals surface area contributed by atoms with Crippen molar-refractivity contribution in [3.8, 4) is 0 Å². The molecule has 2 unspecified atom stereocenters. The Labute approximate surface area is 354 Å². The summed E-state index contributed by atoms with van der Waals surface area (Å²) < 4.78 is 59.2. The molecule has 0 fully saturated rings. The number of allylic oxidation sites excluding steroid dienone is 10. The zero-order chi connectivity index (χ0) is 40.7. The van der Waals surface area contributed by atoms with Crippen molar-refractivity contribution in [1.82, 2.24) is 0 Å². The second-order valence-electron chi connectivity index (χ2n) is 15.8. The summed E-state index contributed by atoms with van der Waals surface area (Å²) >= 11 is 0. The summed E-state index contributed by atoms with van der Waals surface area (Å²) in [6.45, 7) is 10.1. The number of hydrogen-bond acceptors (Lipinski definition) is 0. The van der Waals surface area contributed by atoms with Crippen LogP contribution in [0.3, 0.4) is 0 Å². The minimum Gasteiger partial charge on any atom is 0 e. The van der Waals surface area contributed by atoms with Crippen molar-refractivity contribution in [3.63, 3.8) is 0 Å². The van der Waals surface area contributed by atoms with Crippen molar-refractivity contribution >= 4 is 45.4 Å². The second-order valence-corrected chi connectivity index (χ2v) is 21.8. The van der Waals surface area contributed by atoms with Gasteiger partial charge < -0.3 is 0 Å². The van der Waals surface area contributed by atoms with Gasteiger partial charge in [-0.25, -0.2) is 0 Å². The van der Waals surface area contributed by atoms with Crippen LogP contribution in [0.25, 0.3) is 21.8 Å². The first-order chi connectivity index (χ1) is 26.9. The van der Waals surface area contributed by atoms with Crippen molar-refractivity contribution in [2.24, 2.45) is 10.8 Å². The van der Waals surface area contributed by atoms with Crippen LogP contribution in [0.4, 0.5) is 25.2 Å². The number of benzene rings is 4. The zero-order valence-corrected chi connectivity index (χ0v) is 37.4. The first-order valence-corrected chi connectivity index (χ1v) is 24.5. The van der Waals surface area contributed by atoms with Gasteiger partial charge in [0.1, 0.15) is 0 Å². The van der Waals surface area contributed by atoms with Gasteiger partial charge in [0, 0.05) is 30.3 Å². The van der Waals surface area contributed by atoms with Crippen LogP contribution >= 0.6 is 23.7 Å². The summed E-state index contributed by atoms with van der Waals surface area (Å²) in [5, 5.41) is 6.72. The minimum absolute atomic E-state index is 0. The monoisotopic (exact) mass is 934 g/mol. The molecule has 4 aliphatic heterocycles. The molecule has 4 atom stereocenters. The van der Waals surface area contributed by atoms with Crippen molar-refractivity contribution < 1.29 is 44.7 Å². The fourth-order valence-corrected chi connectivity index (χ4v) is 17.3. The first kappa shape index (κ1) is 44.4. The molecule has 0 amide bonds. The Morgan fingerprint density at radius 1 is 0.414 bits per heavy atom. The molecule has 10 heteroatoms. The molecule has 4 aromatic carbocycles. The average Bonchev–Trinajstić information content (AvgIpc) is 3.81. The van der Waals surface area contributed by atoms with E-state index in [1.165, 1.54) is 60.3 Å². The van der Waals surface area contributed by atoms with E-state index in [2.05, 4.69) is 173 Å². The summed E-state index contributed by atoms with van der Waals surface area (Å²) in [6, 6.07) is 45.1. The number of hydrogen-bond donors (Lipinski definition) is 0. The molecule has 0 aromatic heterocycles. The van der Waals surface area contributed by atoms with Crippen LogP contribution in [-0.4, -0.2) is 12.3 Å². The van der Waals surface area contributed by atoms with Gasteiger partial charge in [0.15, 0.2) is 0 Å². The Balaban J connectivity index is 0.000000301. The van der Waals surface area contributed by atoms with Gasteiger partial charge in [-0.15, -0.1) is 0 Å². The van der Waals surface area contributed by atoms with Crippen LogP contribution in [0.15, 0.2) is 167 Å². The van der Waals surface area contributed by atoms with E-state index >= 15 is 0 Å². The molecule has 4 bridgehead atoms. The maximum absolute atomic E-state index is 10.7. The number of fused-ring (bicyclic) bond motifs is 4. The van der Waals surface area contributed by atoms with Crippen LogP contribution in [0.5, 0.6) is 0 Å². The normalized spacial score (nSPS) is 27.0. The Morgan fingerprint density at radius 3 is 0.914 bits per heavy atom. The fourth-order valence-electron chi connectivity index (χ4n) is 9.04. The molecule has 1 aliphatic carbocycles. The van der Waals surface area contributed by atoms with Crippen molar-refractivity contribution in [3.05, 3.63) is 190 Å². The van der Waals surface area contributed by atoms with Crippen LogP contribution in [0.1, 0.15) is 75.6 Å². The van der Waals surface area contributed by atoms with Crippen LogP contribution in [0.2, 0.25) is 0 Å². The number of rotatable bonds is 5. The van der Waals surface area contributed by atoms with E-state index in [1.54, 1.807) is 43.5 Å². The molecule has 1 radical (unpaired) electrons. The summed E-state index contributed by atoms with van der Waals surface area (Å²) in [5.41, 5.74) is 12.2. The Kier molecular flexibility index (Phi) is 12.5. The summed E-state index contributed by atoms with van der Waals surface area (Å²) in [4.78, 5) is 0. The maximum Gasteiger partial charge on any atom is 0 e. The van der Waals surface area contributed by atoms with E-state index in [4.69, 9.17) is 0 Å². The van der Waals surface area contributed by atoms with Gasteiger partial charge in [-0.05, 0) is 122 Å². The zero-order valence-electron chi connectivity index (χ0n) is 33.0. The first-order valence-electron chi connectivity index (χ1n) is 19.4. The van der Waals surface area contributed by atoms with Crippen LogP contribution < -0.4 is 0 Å². The predicted octanol–water partition coefficient (Wildman–Crippen LogP) is 17.8. The Morgan fingerprint density at radius 2 is 0.655 bits per heavy atom. The second kappa shape index (κ2) is 16.4. The average molecular weight is 935 g/mol. The van der Waals surface area contributed by atoms with Gasteiger partial charge >= 0.3 is 33.0 Å². The van der Waals surface area contributed by atoms with Gasteiger partial charge in [-0.3, -0.25) is 0 Å². The molecule has 4 heterocycles. The summed E-state index contributed by atoms with van der Waals surface area (Å²) in [5.74, 6) is 0. The minimum atomic E-state index is -10.7. The smallest absolute Gasteiger partial charge is 0 e. The largest absolute Gasteiger partial charge is 0 e. The Bertz CT molecular complexity index is 2160. The van der Waals surface area contributed by atoms with Crippen molar-refractivity contribution in [2.75, 3.05) is 12.3 Å². The third kappa shape index (κ3) is 9.40. The SMILES string of the molecule is C1=C\CC/C=C\CC/1.CC1=C(C2=C(C)[C@]3(C)CP2C(c2ccccc2)=C3c2ccccc2)P2C[C@]1(C)C(c1ccccc1)=C2c1ccccc1.F[P-](F)(F)(F)(F)F.[Rh]. The van der Waals surface area contributed by atoms with Gasteiger partial charge in [0.05, 0.1) is 0 Å². The van der Waals surface area contributed by atoms with E-state index in [0.29, 0.717) is 0 Å². The fraction of sp³-hybridized carbons (Fsp3) is 0.250. The van der Waals surface area contributed by atoms with E-state index in [9.17, 15) is 25.2 Å². The maximum atomic E-state index is 9.87. The molecule has 0 nitrogen and oxygen atoms in total. The standard InChI is InChI=1S/C40H36P2.C8H12.F6P.Rh/c1-27-35(41-25-39(27,3)33(29-17-9-5-10-18-29)37(41)31-21-13-7-14-22-31)36-28(2)40(4)26-42(36)38(32-23-15-8-16-24-32)34(40)30-19-11-6-12-20-30;1-2-4-6-8-7-5-3-1;1-7(2,3,4,5)6;/h5-24H,25-26H2,1-4H3;1-2,7-8H,3-6H2;;/q;;-1;/b;2-1-,8-7-;;/t39-,40-,41?,42?;;;/m0.../s1. The molecule has 0 spiro atoms. The molecular formula is C48H48F6P3Rh-. The Hall–Kier alpha value is -3.19. The van der Waals surface area contributed by atoms with E-state index < -0.39 is 23.7 Å². The predicted molar refractivity (Wildman–Crippen MR) is 235 cm³/mol. The van der Waals surface area contributed by atoms with Gasteiger partial charge in [-0.2, -0.15) is 0 Å². The van der Waals surface area contributed by atoms with Crippen molar-refractivity contribution in [2.45, 2.75) is 53.4 Å². The third-order valence-corrected chi connectivity index (χ3v) is 18.1. The number of halogens is 6. The molecule has 0 saturated heterocycles. The molecule has 5 aliphatic rings. The quantitative estimate of drug-likeness (QED) is 0.0810. The molecule has 0 saturated carbocycles. The van der Waals surface area contributed by atoms with Gasteiger partial charge in [-0.1, -0.05) is 171 Å². The van der Waals surface area contributed by atoms with Crippen LogP contribution in [-0.2, 0) is 19.5 Å². The molecule has 307 valence electrons. The molecule has 0 N–H and O–H groups in total. The molecule has 9 rings (SSSR count). The van der Waals surface area contributed by atoms with E-state index in [-0.39, 0.29) is 30.3 Å². The van der Waals surface area contributed by atoms with Crippen molar-refractivity contribution in [1.29, 1.82) is 0 Å². The molecule has 58 heavy (non-hydrogen) atoms. The third-order valence-electron chi connectivity index (χ3n) is 11.7. The molecular weight excluding hydrogens is 886 g/mol. The summed E-state index contributed by atoms with van der Waals surface area (Å²) in [6.07, 6.45) is 16.5. The topological polar surface area (TPSA) is 0 Å². The van der Waals surface area contributed by atoms with Crippen LogP contribution in [0, 0.1) is 10.8 Å². The summed E-state index contributed by atoms with van der Waals surface area (Å²) in [7, 11) is -11.6. The van der Waals surface area contributed by atoms with E-state index in [1.807, 2.05) is 0 Å². The van der Waals surface area contributed by atoms with Gasteiger partial charge in [0.2, 0.25) is 0 Å². The van der Waals surface area contributed by atoms with Gasteiger partial charge in [0.25, 0.3) is 0 Å².